The van der Waals surface area contributed by atoms with E-state index in [1.165, 1.54) is 12.8 Å². The van der Waals surface area contributed by atoms with E-state index in [4.69, 9.17) is 27.3 Å². The van der Waals surface area contributed by atoms with Gasteiger partial charge in [-0.1, -0.05) is 17.7 Å². The van der Waals surface area contributed by atoms with Crippen molar-refractivity contribution >= 4 is 39.5 Å². The van der Waals surface area contributed by atoms with Gasteiger partial charge in [0.25, 0.3) is 0 Å². The van der Waals surface area contributed by atoms with E-state index in [0.717, 1.165) is 51.9 Å². The number of piperidine rings is 1. The number of aromatic amines is 1. The Morgan fingerprint density at radius 3 is 2.74 bits per heavy atom. The number of hydrogen-bond acceptors (Lipinski definition) is 6. The van der Waals surface area contributed by atoms with Crippen LogP contribution in [0.5, 0.6) is 0 Å². The summed E-state index contributed by atoms with van der Waals surface area (Å²) in [6.45, 7) is -0.130. The fourth-order valence-corrected chi connectivity index (χ4v) is 5.88. The Kier molecular flexibility index (Phi) is 4.25. The van der Waals surface area contributed by atoms with Crippen LogP contribution in [-0.4, -0.2) is 48.0 Å². The number of halogens is 1. The van der Waals surface area contributed by atoms with Gasteiger partial charge in [0.1, 0.15) is 11.3 Å². The predicted molar refractivity (Wildman–Crippen MR) is 121 cm³/mol. The van der Waals surface area contributed by atoms with E-state index < -0.39 is 0 Å². The molecule has 0 spiro atoms. The van der Waals surface area contributed by atoms with Gasteiger partial charge in [-0.05, 0) is 31.7 Å². The highest BCUT2D eigenvalue weighted by Crippen LogP contribution is 2.40. The summed E-state index contributed by atoms with van der Waals surface area (Å²) >= 11 is 6.80. The lowest BCUT2D eigenvalue weighted by atomic mass is 9.98. The fourth-order valence-electron chi connectivity index (χ4n) is 5.51. The number of aromatic nitrogens is 5. The smallest absolute Gasteiger partial charge is 0.159 e. The average Bonchev–Trinajstić information content (AvgIpc) is 3.39. The van der Waals surface area contributed by atoms with E-state index in [2.05, 4.69) is 15.0 Å². The van der Waals surface area contributed by atoms with Gasteiger partial charge in [0.2, 0.25) is 0 Å². The molecule has 3 aromatic heterocycles. The zero-order chi connectivity index (χ0) is 21.3. The molecule has 0 amide bonds. The van der Waals surface area contributed by atoms with E-state index in [1.54, 1.807) is 11.7 Å². The number of anilines is 1. The number of H-pyrrole nitrogens is 1. The van der Waals surface area contributed by atoms with Gasteiger partial charge >= 0.3 is 0 Å². The topological polar surface area (TPSA) is 109 Å². The molecule has 2 saturated heterocycles. The molecule has 2 aliphatic rings. The number of hydrogen-bond donors (Lipinski definition) is 3. The molecule has 5 heterocycles. The van der Waals surface area contributed by atoms with Crippen molar-refractivity contribution in [2.45, 2.75) is 50.4 Å². The number of nitrogens with one attached hydrogen (secondary N) is 1. The maximum atomic E-state index is 9.78. The highest BCUT2D eigenvalue weighted by molar-refractivity contribution is 6.38. The number of rotatable bonds is 3. The zero-order valence-corrected chi connectivity index (χ0v) is 18.0. The van der Waals surface area contributed by atoms with Gasteiger partial charge in [-0.15, -0.1) is 0 Å². The molecule has 8 nitrogen and oxygen atoms in total. The van der Waals surface area contributed by atoms with Crippen molar-refractivity contribution in [1.29, 1.82) is 0 Å². The number of aliphatic hydroxyl groups excluding tert-OH is 1. The minimum absolute atomic E-state index is 0.130. The fraction of sp³-hybridized carbons (Fsp3) is 0.409. The Morgan fingerprint density at radius 1 is 1.23 bits per heavy atom. The first kappa shape index (κ1) is 19.0. The van der Waals surface area contributed by atoms with Crippen LogP contribution >= 0.6 is 11.6 Å². The standard InChI is InChI=1S/C22H24ClN7O/c1-29-17(10-31)19-16(28-29)5-4-14(20(19)23)15-8-26-22-21(15)25-9-18(27-22)30-12-2-3-13(30)7-11(24)6-12/h4-5,8-9,11-13,31H,2-3,6-7,10,24H2,1H3,(H,26,27)/t11-,12+,13-. The van der Waals surface area contributed by atoms with Crippen LogP contribution in [0.3, 0.4) is 0 Å². The molecule has 0 aliphatic carbocycles. The predicted octanol–water partition coefficient (Wildman–Crippen LogP) is 3.12. The third-order valence-electron chi connectivity index (χ3n) is 6.90. The van der Waals surface area contributed by atoms with Crippen LogP contribution in [0.4, 0.5) is 5.82 Å². The molecule has 2 aliphatic heterocycles. The van der Waals surface area contributed by atoms with Gasteiger partial charge in [0.05, 0.1) is 29.0 Å². The summed E-state index contributed by atoms with van der Waals surface area (Å²) in [5, 5.41) is 15.5. The van der Waals surface area contributed by atoms with E-state index in [-0.39, 0.29) is 12.6 Å². The molecule has 2 bridgehead atoms. The van der Waals surface area contributed by atoms with Crippen molar-refractivity contribution < 1.29 is 5.11 Å². The van der Waals surface area contributed by atoms with Crippen molar-refractivity contribution in [3.8, 4) is 11.1 Å². The highest BCUT2D eigenvalue weighted by atomic mass is 35.5. The van der Waals surface area contributed by atoms with Crippen LogP contribution in [0.2, 0.25) is 5.02 Å². The molecule has 1 aromatic carbocycles. The molecule has 2 fully saturated rings. The van der Waals surface area contributed by atoms with E-state index in [1.807, 2.05) is 24.5 Å². The quantitative estimate of drug-likeness (QED) is 0.454. The second kappa shape index (κ2) is 6.91. The number of nitrogens with zero attached hydrogens (tertiary/aromatic N) is 5. The van der Waals surface area contributed by atoms with Gasteiger partial charge in [0, 0.05) is 47.9 Å². The lowest BCUT2D eigenvalue weighted by molar-refractivity contribution is 0.272. The molecule has 3 atom stereocenters. The number of aryl methyl sites for hydroxylation is 1. The van der Waals surface area contributed by atoms with E-state index in [0.29, 0.717) is 22.8 Å². The Hall–Kier alpha value is -2.68. The molecule has 9 heteroatoms. The van der Waals surface area contributed by atoms with Gasteiger partial charge in [-0.2, -0.15) is 5.10 Å². The Bertz CT molecular complexity index is 1300. The number of benzene rings is 1. The lowest BCUT2D eigenvalue weighted by Crippen LogP contribution is -2.47. The monoisotopic (exact) mass is 437 g/mol. The second-order valence-corrected chi connectivity index (χ2v) is 9.08. The summed E-state index contributed by atoms with van der Waals surface area (Å²) < 4.78 is 1.67. The molecule has 0 saturated carbocycles. The largest absolute Gasteiger partial charge is 0.390 e. The van der Waals surface area contributed by atoms with Gasteiger partial charge in [-0.25, -0.2) is 9.97 Å². The minimum atomic E-state index is -0.130. The second-order valence-electron chi connectivity index (χ2n) is 8.70. The summed E-state index contributed by atoms with van der Waals surface area (Å²) in [4.78, 5) is 15.4. The van der Waals surface area contributed by atoms with Crippen molar-refractivity contribution in [2.75, 3.05) is 4.90 Å². The Morgan fingerprint density at radius 2 is 2.00 bits per heavy atom. The van der Waals surface area contributed by atoms with E-state index >= 15 is 0 Å². The summed E-state index contributed by atoms with van der Waals surface area (Å²) in [6, 6.07) is 5.06. The van der Waals surface area contributed by atoms with Crippen LogP contribution in [0, 0.1) is 0 Å². The van der Waals surface area contributed by atoms with E-state index in [9.17, 15) is 5.11 Å². The molecule has 0 unspecified atom stereocenters. The SMILES string of the molecule is Cn1nc2ccc(-c3c[nH]c4nc(N5[C@@H]6CC[C@H]5C[C@@H](N)C6)cnc34)c(Cl)c2c1CO. The number of nitrogens with two attached hydrogens (primary N) is 1. The molecule has 4 N–H and O–H groups in total. The van der Waals surface area contributed by atoms with Crippen LogP contribution in [-0.2, 0) is 13.7 Å². The maximum absolute atomic E-state index is 9.78. The molecular weight excluding hydrogens is 414 g/mol. The summed E-state index contributed by atoms with van der Waals surface area (Å²) in [6.07, 6.45) is 8.14. The Balaban J connectivity index is 1.44. The molecule has 160 valence electrons. The third-order valence-corrected chi connectivity index (χ3v) is 7.29. The van der Waals surface area contributed by atoms with Crippen LogP contribution in [0.1, 0.15) is 31.4 Å². The highest BCUT2D eigenvalue weighted by Gasteiger charge is 2.40. The van der Waals surface area contributed by atoms with Gasteiger partial charge in [-0.3, -0.25) is 4.68 Å². The minimum Gasteiger partial charge on any atom is -0.390 e. The van der Waals surface area contributed by atoms with Gasteiger partial charge in [0.15, 0.2) is 5.65 Å². The first-order valence-corrected chi connectivity index (χ1v) is 11.1. The summed E-state index contributed by atoms with van der Waals surface area (Å²) in [7, 11) is 1.81. The van der Waals surface area contributed by atoms with Crippen molar-refractivity contribution in [3.05, 3.63) is 35.2 Å². The van der Waals surface area contributed by atoms with Crippen molar-refractivity contribution in [1.82, 2.24) is 24.7 Å². The van der Waals surface area contributed by atoms with Crippen LogP contribution < -0.4 is 10.6 Å². The molecule has 31 heavy (non-hydrogen) atoms. The zero-order valence-electron chi connectivity index (χ0n) is 17.2. The van der Waals surface area contributed by atoms with Gasteiger partial charge < -0.3 is 20.7 Å². The first-order chi connectivity index (χ1) is 15.0. The summed E-state index contributed by atoms with van der Waals surface area (Å²) in [5.74, 6) is 0.914. The maximum Gasteiger partial charge on any atom is 0.159 e. The third kappa shape index (κ3) is 2.78. The van der Waals surface area contributed by atoms with Crippen molar-refractivity contribution in [2.24, 2.45) is 12.8 Å². The lowest BCUT2D eigenvalue weighted by Gasteiger charge is -2.38. The molecule has 4 aromatic rings. The van der Waals surface area contributed by atoms with Crippen molar-refractivity contribution in [3.63, 3.8) is 0 Å². The molecular formula is C22H24ClN7O. The van der Waals surface area contributed by atoms with Crippen LogP contribution in [0.25, 0.3) is 33.2 Å². The molecule has 0 radical (unpaired) electrons. The number of fused-ring (bicyclic) bond motifs is 4. The Labute approximate surface area is 184 Å². The summed E-state index contributed by atoms with van der Waals surface area (Å²) in [5.41, 5.74) is 10.9. The normalized spacial score (nSPS) is 23.4. The number of aliphatic hydroxyl groups is 1. The average molecular weight is 438 g/mol. The first-order valence-electron chi connectivity index (χ1n) is 10.7. The van der Waals surface area contributed by atoms with Crippen LogP contribution in [0.15, 0.2) is 24.5 Å². The molecule has 6 rings (SSSR count).